The molecule has 29 heavy (non-hydrogen) atoms. The van der Waals surface area contributed by atoms with Gasteiger partial charge in [-0.05, 0) is 50.3 Å². The van der Waals surface area contributed by atoms with Crippen LogP contribution in [0, 0.1) is 12.3 Å². The van der Waals surface area contributed by atoms with E-state index in [4.69, 9.17) is 10.1 Å². The first-order valence-corrected chi connectivity index (χ1v) is 11.0. The number of hydrogen-bond acceptors (Lipinski definition) is 6. The van der Waals surface area contributed by atoms with E-state index in [1.165, 1.54) is 28.2 Å². The van der Waals surface area contributed by atoms with Gasteiger partial charge < -0.3 is 14.5 Å². The van der Waals surface area contributed by atoms with Crippen LogP contribution >= 0.6 is 11.3 Å². The van der Waals surface area contributed by atoms with Crippen molar-refractivity contribution in [1.29, 1.82) is 5.41 Å². The molecule has 4 rings (SSSR count). The molecule has 0 atom stereocenters. The number of thiazole rings is 1. The van der Waals surface area contributed by atoms with Gasteiger partial charge in [-0.25, -0.2) is 9.78 Å². The molecule has 0 radical (unpaired) electrons. The topological polar surface area (TPSA) is 81.5 Å². The van der Waals surface area contributed by atoms with Crippen LogP contribution in [0.3, 0.4) is 0 Å². The third kappa shape index (κ3) is 4.22. The number of benzene rings is 1. The van der Waals surface area contributed by atoms with E-state index < -0.39 is 0 Å². The number of anilines is 2. The number of carbonyl (C=O) groups excluding carboxylic acids is 1. The number of piperidine rings is 1. The fourth-order valence-electron chi connectivity index (χ4n) is 4.10. The maximum absolute atomic E-state index is 12.6. The standard InChI is InChI=1S/C21H27N5O2S/c1-3-28-19(22)17-13-29-20(23-17)24-21(27)25-9-7-16(8-10-25)26-11-6-15-5-4-14(2)12-18(15)26/h4-5,12-13,16,22H,3,6-11H2,1-2H3,(H,23,24,27). The number of aryl methyl sites for hydroxylation is 1. The molecule has 2 aliphatic rings. The lowest BCUT2D eigenvalue weighted by Gasteiger charge is -2.38. The van der Waals surface area contributed by atoms with Crippen LogP contribution in [0.5, 0.6) is 0 Å². The molecule has 2 N–H and O–H groups in total. The number of hydrogen-bond donors (Lipinski definition) is 2. The summed E-state index contributed by atoms with van der Waals surface area (Å²) in [7, 11) is 0. The molecule has 2 amide bonds. The smallest absolute Gasteiger partial charge is 0.323 e. The monoisotopic (exact) mass is 413 g/mol. The number of ether oxygens (including phenoxy) is 1. The minimum absolute atomic E-state index is 0.0335. The first kappa shape index (κ1) is 19.7. The SMILES string of the molecule is CCOC(=N)c1csc(NC(=O)N2CCC(N3CCc4ccc(C)cc43)CC2)n1. The Labute approximate surface area is 175 Å². The van der Waals surface area contributed by atoms with Crippen molar-refractivity contribution < 1.29 is 9.53 Å². The van der Waals surface area contributed by atoms with Crippen molar-refractivity contribution in [3.63, 3.8) is 0 Å². The number of urea groups is 1. The van der Waals surface area contributed by atoms with Crippen LogP contribution in [-0.4, -0.2) is 54.1 Å². The number of fused-ring (bicyclic) bond motifs is 1. The van der Waals surface area contributed by atoms with E-state index in [9.17, 15) is 4.79 Å². The Hall–Kier alpha value is -2.61. The Morgan fingerprint density at radius 3 is 2.90 bits per heavy atom. The molecule has 2 aliphatic heterocycles. The van der Waals surface area contributed by atoms with Crippen molar-refractivity contribution in [2.45, 2.75) is 39.2 Å². The van der Waals surface area contributed by atoms with Gasteiger partial charge in [0, 0.05) is 36.7 Å². The highest BCUT2D eigenvalue weighted by molar-refractivity contribution is 7.14. The second-order valence-electron chi connectivity index (χ2n) is 7.52. The van der Waals surface area contributed by atoms with E-state index in [2.05, 4.69) is 40.3 Å². The maximum Gasteiger partial charge on any atom is 0.323 e. The Morgan fingerprint density at radius 1 is 1.34 bits per heavy atom. The van der Waals surface area contributed by atoms with Gasteiger partial charge in [0.15, 0.2) is 5.13 Å². The number of aromatic nitrogens is 1. The second kappa shape index (κ2) is 8.41. The van der Waals surface area contributed by atoms with Crippen LogP contribution in [0.15, 0.2) is 23.6 Å². The van der Waals surface area contributed by atoms with Gasteiger partial charge in [0.25, 0.3) is 0 Å². The predicted molar refractivity (Wildman–Crippen MR) is 116 cm³/mol. The summed E-state index contributed by atoms with van der Waals surface area (Å²) < 4.78 is 5.16. The summed E-state index contributed by atoms with van der Waals surface area (Å²) in [5.41, 5.74) is 4.56. The molecular formula is C21H27N5O2S. The van der Waals surface area contributed by atoms with Gasteiger partial charge >= 0.3 is 6.03 Å². The van der Waals surface area contributed by atoms with Crippen LogP contribution in [0.2, 0.25) is 0 Å². The Balaban J connectivity index is 1.32. The third-order valence-corrected chi connectivity index (χ3v) is 6.36. The van der Waals surface area contributed by atoms with Crippen molar-refractivity contribution in [2.24, 2.45) is 0 Å². The molecule has 0 saturated carbocycles. The summed E-state index contributed by atoms with van der Waals surface area (Å²) in [6, 6.07) is 7.10. The molecular weight excluding hydrogens is 386 g/mol. The Kier molecular flexibility index (Phi) is 5.71. The highest BCUT2D eigenvalue weighted by Gasteiger charge is 2.30. The van der Waals surface area contributed by atoms with E-state index in [1.54, 1.807) is 5.38 Å². The minimum atomic E-state index is -0.120. The number of rotatable bonds is 4. The first-order chi connectivity index (χ1) is 14.0. The Morgan fingerprint density at radius 2 is 2.14 bits per heavy atom. The number of carbonyl (C=O) groups is 1. The van der Waals surface area contributed by atoms with Gasteiger partial charge in [-0.3, -0.25) is 10.7 Å². The van der Waals surface area contributed by atoms with Gasteiger partial charge in [-0.1, -0.05) is 12.1 Å². The maximum atomic E-state index is 12.6. The van der Waals surface area contributed by atoms with Crippen molar-refractivity contribution in [1.82, 2.24) is 9.88 Å². The lowest BCUT2D eigenvalue weighted by atomic mass is 10.0. The normalized spacial score (nSPS) is 16.6. The van der Waals surface area contributed by atoms with Gasteiger partial charge in [0.05, 0.1) is 6.61 Å². The lowest BCUT2D eigenvalue weighted by molar-refractivity contribution is 0.193. The summed E-state index contributed by atoms with van der Waals surface area (Å²) >= 11 is 1.31. The van der Waals surface area contributed by atoms with Crippen molar-refractivity contribution in [3.8, 4) is 0 Å². The first-order valence-electron chi connectivity index (χ1n) is 10.1. The van der Waals surface area contributed by atoms with Crippen LogP contribution in [0.4, 0.5) is 15.6 Å². The third-order valence-electron chi connectivity index (χ3n) is 5.60. The van der Waals surface area contributed by atoms with E-state index in [1.807, 2.05) is 11.8 Å². The average molecular weight is 414 g/mol. The molecule has 1 aromatic carbocycles. The molecule has 0 aliphatic carbocycles. The van der Waals surface area contributed by atoms with E-state index in [0.717, 1.165) is 38.9 Å². The van der Waals surface area contributed by atoms with Crippen molar-refractivity contribution in [3.05, 3.63) is 40.4 Å². The van der Waals surface area contributed by atoms with Gasteiger partial charge in [0.2, 0.25) is 5.90 Å². The zero-order valence-electron chi connectivity index (χ0n) is 16.9. The fourth-order valence-corrected chi connectivity index (χ4v) is 4.78. The fraction of sp³-hybridized carbons (Fsp3) is 0.476. The molecule has 154 valence electrons. The summed E-state index contributed by atoms with van der Waals surface area (Å²) in [6.45, 7) is 6.94. The number of amides is 2. The summed E-state index contributed by atoms with van der Waals surface area (Å²) in [5, 5.41) is 12.9. The van der Waals surface area contributed by atoms with Crippen LogP contribution in [-0.2, 0) is 11.2 Å². The number of likely N-dealkylation sites (tertiary alicyclic amines) is 1. The van der Waals surface area contributed by atoms with Gasteiger partial charge in [0.1, 0.15) is 5.69 Å². The quantitative estimate of drug-likeness (QED) is 0.589. The summed E-state index contributed by atoms with van der Waals surface area (Å²) in [4.78, 5) is 21.3. The minimum Gasteiger partial charge on any atom is -0.477 e. The predicted octanol–water partition coefficient (Wildman–Crippen LogP) is 3.87. The summed E-state index contributed by atoms with van der Waals surface area (Å²) in [6.07, 6.45) is 3.05. The molecule has 0 spiro atoms. The van der Waals surface area contributed by atoms with Crippen LogP contribution in [0.25, 0.3) is 0 Å². The van der Waals surface area contributed by atoms with E-state index >= 15 is 0 Å². The van der Waals surface area contributed by atoms with Gasteiger partial charge in [-0.2, -0.15) is 0 Å². The molecule has 0 bridgehead atoms. The van der Waals surface area contributed by atoms with Crippen LogP contribution in [0.1, 0.15) is 36.6 Å². The zero-order valence-corrected chi connectivity index (χ0v) is 17.7. The highest BCUT2D eigenvalue weighted by atomic mass is 32.1. The summed E-state index contributed by atoms with van der Waals surface area (Å²) in [5.74, 6) is 0.0335. The highest BCUT2D eigenvalue weighted by Crippen LogP contribution is 2.33. The number of nitrogens with one attached hydrogen (secondary N) is 2. The van der Waals surface area contributed by atoms with Crippen molar-refractivity contribution in [2.75, 3.05) is 36.5 Å². The molecule has 7 nitrogen and oxygen atoms in total. The van der Waals surface area contributed by atoms with Gasteiger partial charge in [-0.15, -0.1) is 11.3 Å². The molecule has 8 heteroatoms. The molecule has 3 heterocycles. The zero-order chi connectivity index (χ0) is 20.4. The Bertz CT molecular complexity index is 904. The molecule has 2 aromatic rings. The molecule has 1 saturated heterocycles. The lowest BCUT2D eigenvalue weighted by Crippen LogP contribution is -2.47. The van der Waals surface area contributed by atoms with Crippen LogP contribution < -0.4 is 10.2 Å². The largest absolute Gasteiger partial charge is 0.477 e. The molecule has 1 fully saturated rings. The second-order valence-corrected chi connectivity index (χ2v) is 8.38. The number of nitrogens with zero attached hydrogens (tertiary/aromatic N) is 3. The van der Waals surface area contributed by atoms with E-state index in [0.29, 0.717) is 23.5 Å². The van der Waals surface area contributed by atoms with Crippen molar-refractivity contribution >= 4 is 34.1 Å². The van der Waals surface area contributed by atoms with E-state index in [-0.39, 0.29) is 11.9 Å². The molecule has 0 unspecified atom stereocenters. The molecule has 1 aromatic heterocycles. The average Bonchev–Trinajstić information content (AvgIpc) is 3.35.